The smallest absolute Gasteiger partial charge is 0.126 e. The molecular weight excluding hydrogens is 324 g/mol. The van der Waals surface area contributed by atoms with Crippen LogP contribution < -0.4 is 0 Å². The Morgan fingerprint density at radius 2 is 1.74 bits per heavy atom. The van der Waals surface area contributed by atoms with Crippen molar-refractivity contribution in [3.63, 3.8) is 0 Å². The number of hydrogen-bond donors (Lipinski definition) is 0. The van der Waals surface area contributed by atoms with Gasteiger partial charge in [0, 0.05) is 4.47 Å². The molecule has 0 radical (unpaired) electrons. The van der Waals surface area contributed by atoms with Gasteiger partial charge in [0.1, 0.15) is 16.9 Å². The van der Waals surface area contributed by atoms with Gasteiger partial charge in [-0.2, -0.15) is 0 Å². The third kappa shape index (κ3) is 2.31. The Hall–Kier alpha value is -1.25. The topological polar surface area (TPSA) is 13.1 Å². The molecular formula is C16H12BrClO. The van der Waals surface area contributed by atoms with Crippen LogP contribution in [0.2, 0.25) is 0 Å². The molecule has 0 aliphatic heterocycles. The van der Waals surface area contributed by atoms with Crippen molar-refractivity contribution < 1.29 is 4.42 Å². The van der Waals surface area contributed by atoms with Crippen molar-refractivity contribution >= 4 is 38.3 Å². The summed E-state index contributed by atoms with van der Waals surface area (Å²) in [5.74, 6) is 1.66. The summed E-state index contributed by atoms with van der Waals surface area (Å²) in [5.41, 5.74) is 1.06. The molecule has 3 rings (SSSR count). The van der Waals surface area contributed by atoms with Crippen LogP contribution >= 0.6 is 27.5 Å². The molecule has 1 heterocycles. The van der Waals surface area contributed by atoms with Gasteiger partial charge < -0.3 is 4.42 Å². The first-order valence-corrected chi connectivity index (χ1v) is 7.27. The number of rotatable bonds is 2. The number of halogens is 2. The van der Waals surface area contributed by atoms with E-state index in [1.165, 1.54) is 0 Å². The molecule has 1 unspecified atom stereocenters. The quantitative estimate of drug-likeness (QED) is 0.537. The second-order valence-electron chi connectivity index (χ2n) is 4.49. The lowest BCUT2D eigenvalue weighted by Crippen LogP contribution is -1.93. The molecule has 0 aliphatic carbocycles. The Morgan fingerprint density at radius 1 is 1.00 bits per heavy atom. The number of fused-ring (bicyclic) bond motifs is 1. The van der Waals surface area contributed by atoms with E-state index in [4.69, 9.17) is 16.0 Å². The van der Waals surface area contributed by atoms with Crippen LogP contribution in [0, 0.1) is 6.92 Å². The lowest BCUT2D eigenvalue weighted by molar-refractivity contribution is 0.489. The average Bonchev–Trinajstić information content (AvgIpc) is 2.86. The Bertz CT molecular complexity index is 732. The van der Waals surface area contributed by atoms with Gasteiger partial charge in [0.15, 0.2) is 0 Å². The fourth-order valence-electron chi connectivity index (χ4n) is 2.25. The highest BCUT2D eigenvalue weighted by Gasteiger charge is 2.17. The third-order valence-corrected chi connectivity index (χ3v) is 4.33. The molecule has 1 nitrogen and oxygen atoms in total. The number of benzene rings is 2. The lowest BCUT2D eigenvalue weighted by Gasteiger charge is -2.12. The van der Waals surface area contributed by atoms with Crippen LogP contribution in [0.1, 0.15) is 22.5 Å². The van der Waals surface area contributed by atoms with Crippen molar-refractivity contribution in [2.45, 2.75) is 12.3 Å². The maximum absolute atomic E-state index is 6.57. The molecule has 0 amide bonds. The monoisotopic (exact) mass is 334 g/mol. The van der Waals surface area contributed by atoms with Gasteiger partial charge in [-0.15, -0.1) is 11.6 Å². The van der Waals surface area contributed by atoms with E-state index < -0.39 is 0 Å². The van der Waals surface area contributed by atoms with Crippen LogP contribution in [0.25, 0.3) is 10.8 Å². The van der Waals surface area contributed by atoms with Crippen molar-refractivity contribution in [1.82, 2.24) is 0 Å². The molecule has 3 aromatic rings. The molecule has 2 aromatic carbocycles. The molecule has 96 valence electrons. The predicted octanol–water partition coefficient (Wildman–Crippen LogP) is 5.83. The maximum atomic E-state index is 6.57. The SMILES string of the molecule is Cc1ccc(C(Cl)c2ccc(Br)c3ccccc23)o1. The normalized spacial score (nSPS) is 12.8. The van der Waals surface area contributed by atoms with Gasteiger partial charge in [0.05, 0.1) is 0 Å². The van der Waals surface area contributed by atoms with Crippen LogP contribution in [0.3, 0.4) is 0 Å². The maximum Gasteiger partial charge on any atom is 0.126 e. The van der Waals surface area contributed by atoms with Gasteiger partial charge >= 0.3 is 0 Å². The highest BCUT2D eigenvalue weighted by molar-refractivity contribution is 9.10. The van der Waals surface area contributed by atoms with Crippen LogP contribution in [0.4, 0.5) is 0 Å². The fourth-order valence-corrected chi connectivity index (χ4v) is 3.04. The number of furan rings is 1. The van der Waals surface area contributed by atoms with Crippen LogP contribution in [0.15, 0.2) is 57.4 Å². The zero-order chi connectivity index (χ0) is 13.4. The minimum Gasteiger partial charge on any atom is -0.464 e. The van der Waals surface area contributed by atoms with Gasteiger partial charge in [0.25, 0.3) is 0 Å². The molecule has 0 saturated carbocycles. The van der Waals surface area contributed by atoms with Crippen molar-refractivity contribution in [3.8, 4) is 0 Å². The Morgan fingerprint density at radius 3 is 2.42 bits per heavy atom. The van der Waals surface area contributed by atoms with Crippen molar-refractivity contribution in [3.05, 3.63) is 70.1 Å². The van der Waals surface area contributed by atoms with E-state index in [1.807, 2.05) is 43.3 Å². The average molecular weight is 336 g/mol. The third-order valence-electron chi connectivity index (χ3n) is 3.19. The summed E-state index contributed by atoms with van der Waals surface area (Å²) in [5, 5.41) is 2.03. The minimum absolute atomic E-state index is 0.272. The van der Waals surface area contributed by atoms with Crippen LogP contribution in [0.5, 0.6) is 0 Å². The van der Waals surface area contributed by atoms with Gasteiger partial charge in [-0.1, -0.05) is 46.3 Å². The summed E-state index contributed by atoms with van der Waals surface area (Å²) >= 11 is 10.1. The number of hydrogen-bond acceptors (Lipinski definition) is 1. The molecule has 3 heteroatoms. The van der Waals surface area contributed by atoms with E-state index in [0.29, 0.717) is 0 Å². The van der Waals surface area contributed by atoms with E-state index in [0.717, 1.165) is 32.3 Å². The van der Waals surface area contributed by atoms with Gasteiger partial charge in [-0.25, -0.2) is 0 Å². The Labute approximate surface area is 125 Å². The Kier molecular flexibility index (Phi) is 3.38. The summed E-state index contributed by atoms with van der Waals surface area (Å²) in [6.07, 6.45) is 0. The van der Waals surface area contributed by atoms with E-state index >= 15 is 0 Å². The molecule has 0 fully saturated rings. The van der Waals surface area contributed by atoms with E-state index in [9.17, 15) is 0 Å². The zero-order valence-electron chi connectivity index (χ0n) is 10.4. The first-order chi connectivity index (χ1) is 9.16. The summed E-state index contributed by atoms with van der Waals surface area (Å²) in [7, 11) is 0. The van der Waals surface area contributed by atoms with Crippen molar-refractivity contribution in [2.24, 2.45) is 0 Å². The Balaban J connectivity index is 2.18. The van der Waals surface area contributed by atoms with E-state index in [2.05, 4.69) is 28.1 Å². The lowest BCUT2D eigenvalue weighted by atomic mass is 10.0. The predicted molar refractivity (Wildman–Crippen MR) is 82.8 cm³/mol. The van der Waals surface area contributed by atoms with Crippen molar-refractivity contribution in [2.75, 3.05) is 0 Å². The summed E-state index contributed by atoms with van der Waals surface area (Å²) in [6.45, 7) is 1.92. The largest absolute Gasteiger partial charge is 0.464 e. The van der Waals surface area contributed by atoms with E-state index in [-0.39, 0.29) is 5.38 Å². The first-order valence-electron chi connectivity index (χ1n) is 6.04. The van der Waals surface area contributed by atoms with Crippen LogP contribution in [-0.2, 0) is 0 Å². The second kappa shape index (κ2) is 5.03. The first kappa shape index (κ1) is 12.8. The fraction of sp³-hybridized carbons (Fsp3) is 0.125. The molecule has 0 bridgehead atoms. The molecule has 0 saturated heterocycles. The summed E-state index contributed by atoms with van der Waals surface area (Å²) in [4.78, 5) is 0. The van der Waals surface area contributed by atoms with Gasteiger partial charge in [-0.05, 0) is 41.5 Å². The highest BCUT2D eigenvalue weighted by atomic mass is 79.9. The van der Waals surface area contributed by atoms with E-state index in [1.54, 1.807) is 0 Å². The molecule has 0 N–H and O–H groups in total. The molecule has 19 heavy (non-hydrogen) atoms. The van der Waals surface area contributed by atoms with Gasteiger partial charge in [-0.3, -0.25) is 0 Å². The molecule has 0 aliphatic rings. The summed E-state index contributed by atoms with van der Waals surface area (Å²) in [6, 6.07) is 16.2. The number of aryl methyl sites for hydroxylation is 1. The summed E-state index contributed by atoms with van der Waals surface area (Å²) < 4.78 is 6.71. The minimum atomic E-state index is -0.272. The van der Waals surface area contributed by atoms with Crippen molar-refractivity contribution in [1.29, 1.82) is 0 Å². The zero-order valence-corrected chi connectivity index (χ0v) is 12.7. The molecule has 1 aromatic heterocycles. The molecule has 0 spiro atoms. The van der Waals surface area contributed by atoms with Gasteiger partial charge in [0.2, 0.25) is 0 Å². The highest BCUT2D eigenvalue weighted by Crippen LogP contribution is 2.36. The second-order valence-corrected chi connectivity index (χ2v) is 5.78. The van der Waals surface area contributed by atoms with Crippen LogP contribution in [-0.4, -0.2) is 0 Å². The molecule has 1 atom stereocenters. The standard InChI is InChI=1S/C16H12BrClO/c1-10-6-9-15(19-10)16(18)13-7-8-14(17)12-5-3-2-4-11(12)13/h2-9,16H,1H3. The number of alkyl halides is 1.